The average Bonchev–Trinajstić information content (AvgIpc) is 3.01. The maximum Gasteiger partial charge on any atom is 0.115 e. The van der Waals surface area contributed by atoms with Crippen LogP contribution in [0.5, 0.6) is 0 Å². The summed E-state index contributed by atoms with van der Waals surface area (Å²) < 4.78 is 32.5. The lowest BCUT2D eigenvalue weighted by atomic mass is 9.94. The number of rotatable bonds is 13. The lowest BCUT2D eigenvalue weighted by Crippen LogP contribution is -2.60. The van der Waals surface area contributed by atoms with E-state index in [0.29, 0.717) is 33.0 Å². The monoisotopic (exact) mass is 538 g/mol. The molecule has 1 aliphatic rings. The Morgan fingerprint density at radius 2 is 0.850 bits per heavy atom. The van der Waals surface area contributed by atoms with Gasteiger partial charge < -0.3 is 23.7 Å². The van der Waals surface area contributed by atoms with Crippen LogP contribution in [0.1, 0.15) is 29.2 Å². The van der Waals surface area contributed by atoms with Gasteiger partial charge in [0, 0.05) is 0 Å². The highest BCUT2D eigenvalue weighted by molar-refractivity contribution is 5.16. The van der Waals surface area contributed by atoms with Crippen LogP contribution in [0, 0.1) is 0 Å². The summed E-state index contributed by atoms with van der Waals surface area (Å²) in [5.41, 5.74) is 4.41. The fourth-order valence-electron chi connectivity index (χ4n) is 5.02. The highest BCUT2D eigenvalue weighted by Gasteiger charge is 2.46. The van der Waals surface area contributed by atoms with Gasteiger partial charge in [-0.05, 0) is 29.2 Å². The number of hydrogen-bond acceptors (Lipinski definition) is 5. The van der Waals surface area contributed by atoms with E-state index in [-0.39, 0.29) is 24.4 Å². The lowest BCUT2D eigenvalue weighted by molar-refractivity contribution is -0.269. The molecule has 0 aliphatic carbocycles. The van der Waals surface area contributed by atoms with Crippen molar-refractivity contribution in [2.45, 2.75) is 63.9 Å². The zero-order valence-electron chi connectivity index (χ0n) is 23.0. The fourth-order valence-corrected chi connectivity index (χ4v) is 5.02. The molecule has 1 saturated heterocycles. The summed E-state index contributed by atoms with van der Waals surface area (Å²) in [7, 11) is 0. The first-order valence-corrected chi connectivity index (χ1v) is 14.0. The molecular formula is C35H38O5. The molecule has 40 heavy (non-hydrogen) atoms. The summed E-state index contributed by atoms with van der Waals surface area (Å²) in [5, 5.41) is 0. The first-order chi connectivity index (χ1) is 19.8. The lowest BCUT2D eigenvalue weighted by Gasteiger charge is -2.45. The molecule has 5 rings (SSSR count). The van der Waals surface area contributed by atoms with Crippen molar-refractivity contribution in [1.29, 1.82) is 0 Å². The van der Waals surface area contributed by atoms with Gasteiger partial charge in [0.2, 0.25) is 0 Å². The molecule has 208 valence electrons. The molecule has 4 aromatic rings. The van der Waals surface area contributed by atoms with Crippen LogP contribution in [0.4, 0.5) is 0 Å². The largest absolute Gasteiger partial charge is 0.374 e. The van der Waals surface area contributed by atoms with Crippen molar-refractivity contribution in [3.8, 4) is 0 Å². The van der Waals surface area contributed by atoms with Gasteiger partial charge >= 0.3 is 0 Å². The van der Waals surface area contributed by atoms with Crippen LogP contribution in [0.15, 0.2) is 121 Å². The summed E-state index contributed by atoms with van der Waals surface area (Å²) in [6.45, 7) is 4.29. The van der Waals surface area contributed by atoms with Crippen molar-refractivity contribution < 1.29 is 23.7 Å². The van der Waals surface area contributed by atoms with Crippen molar-refractivity contribution in [2.24, 2.45) is 0 Å². The van der Waals surface area contributed by atoms with E-state index >= 15 is 0 Å². The van der Waals surface area contributed by atoms with Crippen molar-refractivity contribution in [1.82, 2.24) is 0 Å². The van der Waals surface area contributed by atoms with E-state index in [4.69, 9.17) is 23.7 Å². The first-order valence-electron chi connectivity index (χ1n) is 14.0. The van der Waals surface area contributed by atoms with E-state index in [1.165, 1.54) is 0 Å². The SMILES string of the molecule is C[C@H]1O[C@@H](COCc2ccccc2)[C@H](OCc2ccccc2)[C@@H](OCc2ccccc2)[C@@H]1OCc1ccccc1. The standard InChI is InChI=1S/C35H38O5/c1-27-33(37-23-29-16-8-3-9-17-29)35(39-25-31-20-12-5-13-21-31)34(38-24-30-18-10-4-11-19-30)32(40-27)26-36-22-28-14-6-2-7-15-28/h2-21,27,32-35H,22-26H2,1H3/t27-,32+,33-,34+,35+/m1/s1. The van der Waals surface area contributed by atoms with Crippen LogP contribution in [-0.4, -0.2) is 37.1 Å². The summed E-state index contributed by atoms with van der Waals surface area (Å²) in [6.07, 6.45) is -1.61. The van der Waals surface area contributed by atoms with E-state index in [1.807, 2.05) is 79.7 Å². The molecule has 5 heteroatoms. The molecule has 0 unspecified atom stereocenters. The van der Waals surface area contributed by atoms with Crippen LogP contribution in [-0.2, 0) is 50.1 Å². The Kier molecular flexibility index (Phi) is 10.5. The van der Waals surface area contributed by atoms with E-state index in [0.717, 1.165) is 22.3 Å². The minimum absolute atomic E-state index is 0.216. The van der Waals surface area contributed by atoms with E-state index < -0.39 is 6.10 Å². The molecule has 0 saturated carbocycles. The maximum atomic E-state index is 6.65. The summed E-state index contributed by atoms with van der Waals surface area (Å²) in [5.74, 6) is 0. The number of ether oxygens (including phenoxy) is 5. The van der Waals surface area contributed by atoms with Crippen LogP contribution < -0.4 is 0 Å². The predicted octanol–water partition coefficient (Wildman–Crippen LogP) is 6.75. The Balaban J connectivity index is 1.36. The first kappa shape index (κ1) is 28.2. The van der Waals surface area contributed by atoms with E-state index in [9.17, 15) is 0 Å². The molecule has 1 heterocycles. The van der Waals surface area contributed by atoms with Gasteiger partial charge in [0.15, 0.2) is 0 Å². The van der Waals surface area contributed by atoms with Crippen LogP contribution >= 0.6 is 0 Å². The van der Waals surface area contributed by atoms with Gasteiger partial charge in [0.05, 0.1) is 39.1 Å². The summed E-state index contributed by atoms with van der Waals surface area (Å²) in [6, 6.07) is 40.8. The van der Waals surface area contributed by atoms with Crippen molar-refractivity contribution >= 4 is 0 Å². The molecule has 0 spiro atoms. The van der Waals surface area contributed by atoms with Crippen molar-refractivity contribution in [3.63, 3.8) is 0 Å². The quantitative estimate of drug-likeness (QED) is 0.189. The summed E-state index contributed by atoms with van der Waals surface area (Å²) >= 11 is 0. The minimum atomic E-state index is -0.392. The number of benzene rings is 4. The third-order valence-electron chi connectivity index (χ3n) is 7.12. The smallest absolute Gasteiger partial charge is 0.115 e. The number of hydrogen-bond donors (Lipinski definition) is 0. The Morgan fingerprint density at radius 1 is 0.475 bits per heavy atom. The van der Waals surface area contributed by atoms with Crippen LogP contribution in [0.2, 0.25) is 0 Å². The van der Waals surface area contributed by atoms with Crippen molar-refractivity contribution in [3.05, 3.63) is 144 Å². The zero-order chi connectivity index (χ0) is 27.4. The van der Waals surface area contributed by atoms with Gasteiger partial charge in [-0.25, -0.2) is 0 Å². The molecule has 1 aliphatic heterocycles. The molecule has 0 bridgehead atoms. The highest BCUT2D eigenvalue weighted by atomic mass is 16.6. The van der Waals surface area contributed by atoms with Gasteiger partial charge in [-0.15, -0.1) is 0 Å². The van der Waals surface area contributed by atoms with Crippen LogP contribution in [0.3, 0.4) is 0 Å². The molecule has 4 aromatic carbocycles. The molecule has 0 amide bonds. The second-order valence-corrected chi connectivity index (χ2v) is 10.2. The van der Waals surface area contributed by atoms with Crippen LogP contribution in [0.25, 0.3) is 0 Å². The fraction of sp³-hybridized carbons (Fsp3) is 0.314. The molecular weight excluding hydrogens is 500 g/mol. The molecule has 5 nitrogen and oxygen atoms in total. The third kappa shape index (κ3) is 8.10. The Labute approximate surface area is 237 Å². The second-order valence-electron chi connectivity index (χ2n) is 10.2. The normalized spacial score (nSPS) is 22.7. The Morgan fingerprint density at radius 3 is 1.30 bits per heavy atom. The summed E-state index contributed by atoms with van der Waals surface area (Å²) in [4.78, 5) is 0. The zero-order valence-corrected chi connectivity index (χ0v) is 23.0. The minimum Gasteiger partial charge on any atom is -0.374 e. The third-order valence-corrected chi connectivity index (χ3v) is 7.12. The molecule has 5 atom stereocenters. The van der Waals surface area contributed by atoms with Gasteiger partial charge in [0.25, 0.3) is 0 Å². The Hall–Kier alpha value is -3.32. The van der Waals surface area contributed by atoms with Gasteiger partial charge in [-0.3, -0.25) is 0 Å². The van der Waals surface area contributed by atoms with E-state index in [1.54, 1.807) is 0 Å². The molecule has 1 fully saturated rings. The van der Waals surface area contributed by atoms with Gasteiger partial charge in [0.1, 0.15) is 24.4 Å². The van der Waals surface area contributed by atoms with Gasteiger partial charge in [-0.1, -0.05) is 121 Å². The van der Waals surface area contributed by atoms with Crippen molar-refractivity contribution in [2.75, 3.05) is 6.61 Å². The molecule has 0 N–H and O–H groups in total. The van der Waals surface area contributed by atoms with Gasteiger partial charge in [-0.2, -0.15) is 0 Å². The average molecular weight is 539 g/mol. The highest BCUT2D eigenvalue weighted by Crippen LogP contribution is 2.30. The predicted molar refractivity (Wildman–Crippen MR) is 155 cm³/mol. The maximum absolute atomic E-state index is 6.65. The topological polar surface area (TPSA) is 46.2 Å². The molecule has 0 aromatic heterocycles. The Bertz CT molecular complexity index is 1240. The molecule has 0 radical (unpaired) electrons. The van der Waals surface area contributed by atoms with E-state index in [2.05, 4.69) is 48.5 Å². The second kappa shape index (κ2) is 14.9.